The van der Waals surface area contributed by atoms with Gasteiger partial charge in [0.1, 0.15) is 5.76 Å². The van der Waals surface area contributed by atoms with E-state index in [-0.39, 0.29) is 11.8 Å². The van der Waals surface area contributed by atoms with Crippen LogP contribution < -0.4 is 10.6 Å². The minimum absolute atomic E-state index is 0.126. The first-order valence-electron chi connectivity index (χ1n) is 6.70. The summed E-state index contributed by atoms with van der Waals surface area (Å²) >= 11 is 6.69. The van der Waals surface area contributed by atoms with Gasteiger partial charge in [-0.15, -0.1) is 0 Å². The van der Waals surface area contributed by atoms with Gasteiger partial charge in [0.15, 0.2) is 4.67 Å². The zero-order valence-electron chi connectivity index (χ0n) is 11.2. The van der Waals surface area contributed by atoms with Gasteiger partial charge in [0.25, 0.3) is 0 Å². The number of nitrogens with one attached hydrogen (secondary N) is 2. The molecular weight excluding hydrogens is 400 g/mol. The first-order chi connectivity index (χ1) is 10.1. The van der Waals surface area contributed by atoms with E-state index in [4.69, 9.17) is 4.42 Å². The van der Waals surface area contributed by atoms with Crippen LogP contribution in [0.15, 0.2) is 43.9 Å². The summed E-state index contributed by atoms with van der Waals surface area (Å²) in [5.74, 6) is 1.18. The Kier molecular flexibility index (Phi) is 4.35. The molecule has 0 spiro atoms. The molecule has 1 amide bonds. The molecule has 21 heavy (non-hydrogen) atoms. The number of carbonyl (C=O) groups excluding carboxylic acids is 1. The number of halogens is 2. The third-order valence-electron chi connectivity index (χ3n) is 3.26. The van der Waals surface area contributed by atoms with Gasteiger partial charge < -0.3 is 15.1 Å². The number of hydrogen-bond donors (Lipinski definition) is 2. The second kappa shape index (κ2) is 6.23. The molecule has 1 aliphatic rings. The topological polar surface area (TPSA) is 54.3 Å². The lowest BCUT2D eigenvalue weighted by Gasteiger charge is -2.07. The highest BCUT2D eigenvalue weighted by atomic mass is 79.9. The Morgan fingerprint density at radius 1 is 1.19 bits per heavy atom. The predicted octanol–water partition coefficient (Wildman–Crippen LogP) is 4.77. The Labute approximate surface area is 139 Å². The second-order valence-corrected chi connectivity index (χ2v) is 6.60. The molecule has 3 rings (SSSR count). The molecule has 0 atom stereocenters. The van der Waals surface area contributed by atoms with Crippen LogP contribution in [0.1, 0.15) is 18.6 Å². The molecule has 1 fully saturated rings. The van der Waals surface area contributed by atoms with E-state index < -0.39 is 0 Å². The summed E-state index contributed by atoms with van der Waals surface area (Å²) in [4.78, 5) is 11.7. The van der Waals surface area contributed by atoms with E-state index in [0.717, 1.165) is 34.4 Å². The Balaban J connectivity index is 1.55. The molecule has 0 bridgehead atoms. The number of carbonyl (C=O) groups is 1. The van der Waals surface area contributed by atoms with Crippen molar-refractivity contribution in [2.45, 2.75) is 19.4 Å². The lowest BCUT2D eigenvalue weighted by atomic mass is 10.2. The molecule has 110 valence electrons. The number of furan rings is 1. The standard InChI is InChI=1S/C15H14Br2N2O2/c16-13-7-12(21-14(13)17)8-18-10-3-5-11(6-4-10)19-15(20)9-1-2-9/h3-7,9,18H,1-2,8H2,(H,19,20). The number of anilines is 2. The fourth-order valence-corrected chi connectivity index (χ4v) is 2.59. The van der Waals surface area contributed by atoms with Crippen molar-refractivity contribution in [2.24, 2.45) is 5.92 Å². The first kappa shape index (κ1) is 14.7. The maximum Gasteiger partial charge on any atom is 0.227 e. The Morgan fingerprint density at radius 2 is 1.86 bits per heavy atom. The van der Waals surface area contributed by atoms with Crippen LogP contribution in [-0.4, -0.2) is 5.91 Å². The predicted molar refractivity (Wildman–Crippen MR) is 89.2 cm³/mol. The van der Waals surface area contributed by atoms with E-state index in [1.807, 2.05) is 30.3 Å². The number of hydrogen-bond acceptors (Lipinski definition) is 3. The molecular formula is C15H14Br2N2O2. The molecule has 0 saturated heterocycles. The van der Waals surface area contributed by atoms with Crippen LogP contribution in [0.2, 0.25) is 0 Å². The van der Waals surface area contributed by atoms with Crippen molar-refractivity contribution >= 4 is 49.1 Å². The van der Waals surface area contributed by atoms with Crippen molar-refractivity contribution in [3.63, 3.8) is 0 Å². The Bertz CT molecular complexity index is 629. The molecule has 4 nitrogen and oxygen atoms in total. The van der Waals surface area contributed by atoms with Gasteiger partial charge in [-0.25, -0.2) is 0 Å². The lowest BCUT2D eigenvalue weighted by molar-refractivity contribution is -0.117. The van der Waals surface area contributed by atoms with Gasteiger partial charge in [-0.3, -0.25) is 4.79 Å². The van der Waals surface area contributed by atoms with Crippen molar-refractivity contribution in [3.8, 4) is 0 Å². The molecule has 1 aliphatic carbocycles. The zero-order valence-corrected chi connectivity index (χ0v) is 14.3. The molecule has 2 N–H and O–H groups in total. The summed E-state index contributed by atoms with van der Waals surface area (Å²) in [7, 11) is 0. The van der Waals surface area contributed by atoms with E-state index in [1.54, 1.807) is 0 Å². The van der Waals surface area contributed by atoms with E-state index >= 15 is 0 Å². The average molecular weight is 414 g/mol. The van der Waals surface area contributed by atoms with Gasteiger partial charge in [0.05, 0.1) is 11.0 Å². The maximum absolute atomic E-state index is 11.7. The van der Waals surface area contributed by atoms with Crippen molar-refractivity contribution in [3.05, 3.63) is 45.2 Å². The molecule has 1 saturated carbocycles. The quantitative estimate of drug-likeness (QED) is 0.742. The highest BCUT2D eigenvalue weighted by Gasteiger charge is 2.29. The SMILES string of the molecule is O=C(Nc1ccc(NCc2cc(Br)c(Br)o2)cc1)C1CC1. The number of benzene rings is 1. The minimum Gasteiger partial charge on any atom is -0.451 e. The summed E-state index contributed by atoms with van der Waals surface area (Å²) in [6.45, 7) is 0.595. The van der Waals surface area contributed by atoms with Gasteiger partial charge in [-0.05, 0) is 75.0 Å². The molecule has 1 aromatic carbocycles. The van der Waals surface area contributed by atoms with Gasteiger partial charge >= 0.3 is 0 Å². The summed E-state index contributed by atoms with van der Waals surface area (Å²) in [6.07, 6.45) is 2.03. The van der Waals surface area contributed by atoms with Crippen molar-refractivity contribution in [1.82, 2.24) is 0 Å². The fourth-order valence-electron chi connectivity index (χ4n) is 1.93. The van der Waals surface area contributed by atoms with E-state index in [1.165, 1.54) is 0 Å². The van der Waals surface area contributed by atoms with Gasteiger partial charge in [0.2, 0.25) is 5.91 Å². The van der Waals surface area contributed by atoms with Crippen LogP contribution in [0.3, 0.4) is 0 Å². The molecule has 2 aromatic rings. The molecule has 0 unspecified atom stereocenters. The van der Waals surface area contributed by atoms with E-state index in [9.17, 15) is 4.79 Å². The van der Waals surface area contributed by atoms with Crippen LogP contribution in [0.25, 0.3) is 0 Å². The number of rotatable bonds is 5. The third kappa shape index (κ3) is 3.89. The van der Waals surface area contributed by atoms with Crippen molar-refractivity contribution in [1.29, 1.82) is 0 Å². The highest BCUT2D eigenvalue weighted by molar-refractivity contribution is 9.13. The zero-order chi connectivity index (χ0) is 14.8. The first-order valence-corrected chi connectivity index (χ1v) is 8.29. The van der Waals surface area contributed by atoms with Crippen molar-refractivity contribution < 1.29 is 9.21 Å². The summed E-state index contributed by atoms with van der Waals surface area (Å²) in [5.41, 5.74) is 1.81. The van der Waals surface area contributed by atoms with Crippen LogP contribution in [0, 0.1) is 5.92 Å². The van der Waals surface area contributed by atoms with E-state index in [0.29, 0.717) is 11.2 Å². The number of amides is 1. The second-order valence-electron chi connectivity index (χ2n) is 5.03. The van der Waals surface area contributed by atoms with Crippen molar-refractivity contribution in [2.75, 3.05) is 10.6 Å². The summed E-state index contributed by atoms with van der Waals surface area (Å²) in [5, 5.41) is 6.19. The van der Waals surface area contributed by atoms with Gasteiger partial charge in [0, 0.05) is 17.3 Å². The molecule has 1 heterocycles. The fraction of sp³-hybridized carbons (Fsp3) is 0.267. The summed E-state index contributed by atoms with van der Waals surface area (Å²) in [6, 6.07) is 9.60. The van der Waals surface area contributed by atoms with Gasteiger partial charge in [-0.2, -0.15) is 0 Å². The molecule has 6 heteroatoms. The monoisotopic (exact) mass is 412 g/mol. The highest BCUT2D eigenvalue weighted by Crippen LogP contribution is 2.30. The van der Waals surface area contributed by atoms with Crippen LogP contribution in [0.4, 0.5) is 11.4 Å². The smallest absolute Gasteiger partial charge is 0.227 e. The molecule has 1 aromatic heterocycles. The summed E-state index contributed by atoms with van der Waals surface area (Å²) < 4.78 is 7.09. The van der Waals surface area contributed by atoms with Gasteiger partial charge in [-0.1, -0.05) is 0 Å². The minimum atomic E-state index is 0.126. The molecule has 0 aliphatic heterocycles. The average Bonchev–Trinajstić information content (AvgIpc) is 3.26. The van der Waals surface area contributed by atoms with Crippen LogP contribution in [-0.2, 0) is 11.3 Å². The van der Waals surface area contributed by atoms with Crippen LogP contribution in [0.5, 0.6) is 0 Å². The maximum atomic E-state index is 11.7. The molecule has 0 radical (unpaired) electrons. The van der Waals surface area contributed by atoms with Crippen LogP contribution >= 0.6 is 31.9 Å². The Hall–Kier alpha value is -1.27. The Morgan fingerprint density at radius 3 is 2.43 bits per heavy atom. The largest absolute Gasteiger partial charge is 0.451 e. The lowest BCUT2D eigenvalue weighted by Crippen LogP contribution is -2.13. The van der Waals surface area contributed by atoms with E-state index in [2.05, 4.69) is 42.5 Å². The third-order valence-corrected chi connectivity index (χ3v) is 4.97. The normalized spacial score (nSPS) is 14.0.